The van der Waals surface area contributed by atoms with Crippen LogP contribution < -0.4 is 9.75 Å². The molecule has 10 rings (SSSR count). The molecule has 0 amide bonds. The Balaban J connectivity index is 0.000000282. The van der Waals surface area contributed by atoms with Gasteiger partial charge in [0, 0.05) is 29.3 Å². The normalized spacial score (nSPS) is 13.4. The second-order valence-corrected chi connectivity index (χ2v) is 23.0. The van der Waals surface area contributed by atoms with Crippen LogP contribution in [0.4, 0.5) is 0 Å². The summed E-state index contributed by atoms with van der Waals surface area (Å²) in [6.07, 6.45) is 4.40. The van der Waals surface area contributed by atoms with Crippen LogP contribution in [0.3, 0.4) is 0 Å². The van der Waals surface area contributed by atoms with Crippen LogP contribution in [0.25, 0.3) is 82.9 Å². The van der Waals surface area contributed by atoms with Gasteiger partial charge >= 0.3 is 20.1 Å². The zero-order chi connectivity index (χ0) is 49.9. The molecule has 0 saturated carbocycles. The number of rotatable bonds is 7. The van der Waals surface area contributed by atoms with E-state index in [-0.39, 0.29) is 37.5 Å². The van der Waals surface area contributed by atoms with E-state index in [0.29, 0.717) is 39.1 Å². The molecule has 3 heterocycles. The molecule has 0 radical (unpaired) electrons. The standard InChI is InChI=1S/C44H41N2OSi.C14H11N2.Ir/c1-26(2)33-14-11-15-34(27(3)4)41(33)37-23-38(46-25-28(37)5)35-20-21-39(48(6,7)8)42-36-19-18-32(24-45)40(44(36)47-43(35)42)31-17-16-29-12-9-10-13-30(29)22-31;1-15-11-16(12-7-3-2-4-8-12)14-10-6-5-9-13(14)15;/h9-19,21-23,25-27H,1-8H3;2-7,9-10H,1H3;/q2*-1;+3/i5D3;1D3;. The number of hydrogen-bond donors (Lipinski definition) is 0. The molecule has 7 aromatic carbocycles. The van der Waals surface area contributed by atoms with Gasteiger partial charge in [0.15, 0.2) is 0 Å². The van der Waals surface area contributed by atoms with Crippen LogP contribution in [0.15, 0.2) is 144 Å². The Morgan fingerprint density at radius 3 is 2.22 bits per heavy atom. The number of benzene rings is 7. The first-order valence-corrected chi connectivity index (χ1v) is 25.2. The van der Waals surface area contributed by atoms with E-state index in [1.54, 1.807) is 16.7 Å². The molecule has 65 heavy (non-hydrogen) atoms. The van der Waals surface area contributed by atoms with Gasteiger partial charge in [0.25, 0.3) is 0 Å². The summed E-state index contributed by atoms with van der Waals surface area (Å²) in [7, 11) is -1.95. The molecule has 0 fully saturated rings. The van der Waals surface area contributed by atoms with E-state index in [0.717, 1.165) is 60.6 Å². The fourth-order valence-electron chi connectivity index (χ4n) is 8.81. The molecule has 7 heteroatoms. The van der Waals surface area contributed by atoms with Gasteiger partial charge in [-0.2, -0.15) is 35.6 Å². The van der Waals surface area contributed by atoms with E-state index >= 15 is 0 Å². The van der Waals surface area contributed by atoms with Crippen molar-refractivity contribution in [2.24, 2.45) is 6.98 Å². The Morgan fingerprint density at radius 1 is 0.785 bits per heavy atom. The van der Waals surface area contributed by atoms with Crippen molar-refractivity contribution in [2.75, 3.05) is 0 Å². The number of furan rings is 1. The van der Waals surface area contributed by atoms with Crippen molar-refractivity contribution in [3.8, 4) is 45.3 Å². The van der Waals surface area contributed by atoms with Gasteiger partial charge in [-0.05, 0) is 80.7 Å². The van der Waals surface area contributed by atoms with Crippen LogP contribution >= 0.6 is 0 Å². The Hall–Kier alpha value is -6.42. The van der Waals surface area contributed by atoms with Crippen molar-refractivity contribution in [3.05, 3.63) is 180 Å². The summed E-state index contributed by atoms with van der Waals surface area (Å²) in [5.41, 5.74) is 10.9. The summed E-state index contributed by atoms with van der Waals surface area (Å²) >= 11 is 0. The maximum atomic E-state index is 10.4. The summed E-state index contributed by atoms with van der Waals surface area (Å²) in [4.78, 5) is 4.82. The maximum absolute atomic E-state index is 10.4. The molecule has 0 aliphatic carbocycles. The molecule has 322 valence electrons. The summed E-state index contributed by atoms with van der Waals surface area (Å²) < 4.78 is 58.2. The van der Waals surface area contributed by atoms with Crippen molar-refractivity contribution in [1.82, 2.24) is 9.55 Å². The van der Waals surface area contributed by atoms with E-state index in [1.807, 2.05) is 66.7 Å². The third kappa shape index (κ3) is 8.39. The van der Waals surface area contributed by atoms with Gasteiger partial charge in [0.1, 0.15) is 5.58 Å². The zero-order valence-electron chi connectivity index (χ0n) is 43.5. The van der Waals surface area contributed by atoms with Crippen molar-refractivity contribution in [2.45, 2.75) is 66.0 Å². The van der Waals surface area contributed by atoms with Crippen molar-refractivity contribution < 1.29 is 37.3 Å². The molecule has 0 bridgehead atoms. The Bertz CT molecular complexity index is 3630. The SMILES string of the molecule is [2H]C([2H])([2H])[n+]1[c-]n(-c2[c-]cccc2)c2ccccc21.[2H]C([2H])([2H])c1cnc(-c2[c-]cc([Si](C)(C)C)c3c2oc2c(-c4ccc5ccccc5c4)c(C#N)ccc23)cc1-c1c(C(C)C)cccc1C(C)C.[Ir+3]. The quantitative estimate of drug-likeness (QED) is 0.0908. The maximum Gasteiger partial charge on any atom is 3.00 e. The van der Waals surface area contributed by atoms with Gasteiger partial charge in [0.2, 0.25) is 6.33 Å². The molecule has 0 saturated heterocycles. The number of nitrogens with zero attached hydrogens (tertiary/aromatic N) is 4. The summed E-state index contributed by atoms with van der Waals surface area (Å²) in [5.74, 6) is 0.347. The Morgan fingerprint density at radius 2 is 1.52 bits per heavy atom. The first-order valence-electron chi connectivity index (χ1n) is 24.7. The minimum Gasteiger partial charge on any atom is -0.500 e. The van der Waals surface area contributed by atoms with E-state index in [1.165, 1.54) is 16.0 Å². The van der Waals surface area contributed by atoms with Crippen LogP contribution in [-0.2, 0) is 27.1 Å². The summed E-state index contributed by atoms with van der Waals surface area (Å²) in [6, 6.07) is 52.4. The Labute approximate surface area is 405 Å². The molecule has 10 aromatic rings. The molecule has 0 aliphatic rings. The largest absolute Gasteiger partial charge is 3.00 e. The van der Waals surface area contributed by atoms with E-state index in [9.17, 15) is 5.26 Å². The fourth-order valence-corrected chi connectivity index (χ4v) is 10.3. The average Bonchev–Trinajstić information content (AvgIpc) is 3.93. The number of para-hydroxylation sites is 3. The van der Waals surface area contributed by atoms with Crippen LogP contribution in [0.5, 0.6) is 0 Å². The molecule has 0 N–H and O–H groups in total. The van der Waals surface area contributed by atoms with Crippen LogP contribution in [0.1, 0.15) is 70.0 Å². The minimum atomic E-state index is -2.37. The second-order valence-electron chi connectivity index (χ2n) is 17.9. The number of pyridine rings is 1. The number of hydrogen-bond acceptors (Lipinski definition) is 3. The van der Waals surface area contributed by atoms with Crippen molar-refractivity contribution >= 4 is 57.0 Å². The number of imidazole rings is 1. The Kier molecular flexibility index (Phi) is 10.6. The van der Waals surface area contributed by atoms with E-state index in [2.05, 4.69) is 126 Å². The minimum absolute atomic E-state index is 0. The fraction of sp³-hybridized carbons (Fsp3) is 0.190. The predicted octanol–water partition coefficient (Wildman–Crippen LogP) is 14.0. The van der Waals surface area contributed by atoms with Gasteiger partial charge in [0.05, 0.1) is 39.3 Å². The smallest absolute Gasteiger partial charge is 0.500 e. The number of aryl methyl sites for hydroxylation is 2. The first kappa shape index (κ1) is 37.9. The number of fused-ring (bicyclic) bond motifs is 5. The van der Waals surface area contributed by atoms with Crippen LogP contribution in [0, 0.1) is 36.6 Å². The molecule has 0 atom stereocenters. The molecular formula is C58H52IrN4OSi+. The third-order valence-electron chi connectivity index (χ3n) is 12.0. The van der Waals surface area contributed by atoms with Crippen molar-refractivity contribution in [1.29, 1.82) is 5.26 Å². The second kappa shape index (κ2) is 18.2. The monoisotopic (exact) mass is 1050 g/mol. The van der Waals surface area contributed by atoms with Crippen molar-refractivity contribution in [3.63, 3.8) is 0 Å². The summed E-state index contributed by atoms with van der Waals surface area (Å²) in [6.45, 7) is 10.9. The van der Waals surface area contributed by atoms with Gasteiger partial charge in [-0.25, -0.2) is 0 Å². The zero-order valence-corrected chi connectivity index (χ0v) is 40.9. The first-order chi connectivity index (χ1) is 33.3. The van der Waals surface area contributed by atoms with Crippen LogP contribution in [0.2, 0.25) is 19.6 Å². The molecular weight excluding hydrogens is 989 g/mol. The van der Waals surface area contributed by atoms with Gasteiger partial charge in [-0.15, -0.1) is 17.3 Å². The van der Waals surface area contributed by atoms with Gasteiger partial charge in [-0.1, -0.05) is 155 Å². The molecule has 0 aliphatic heterocycles. The van der Waals surface area contributed by atoms with Crippen LogP contribution in [-0.4, -0.2) is 17.6 Å². The topological polar surface area (TPSA) is 58.6 Å². The molecule has 3 aromatic heterocycles. The number of aromatic nitrogens is 3. The molecule has 0 unspecified atom stereocenters. The molecule has 0 spiro atoms. The van der Waals surface area contributed by atoms with E-state index < -0.39 is 21.9 Å². The predicted molar refractivity (Wildman–Crippen MR) is 267 cm³/mol. The average molecular weight is 1050 g/mol. The third-order valence-corrected chi connectivity index (χ3v) is 14.0. The van der Waals surface area contributed by atoms with Gasteiger partial charge < -0.3 is 18.5 Å². The summed E-state index contributed by atoms with van der Waals surface area (Å²) in [5, 5.41) is 15.7. The molecule has 5 nitrogen and oxygen atoms in total. The van der Waals surface area contributed by atoms with Gasteiger partial charge in [-0.3, -0.25) is 0 Å². The number of nitriles is 1. The van der Waals surface area contributed by atoms with E-state index in [4.69, 9.17) is 17.6 Å².